The van der Waals surface area contributed by atoms with E-state index in [1.54, 1.807) is 48.7 Å². The molecule has 0 saturated heterocycles. The summed E-state index contributed by atoms with van der Waals surface area (Å²) in [5, 5.41) is 2.76. The summed E-state index contributed by atoms with van der Waals surface area (Å²) in [6, 6.07) is 11.9. The van der Waals surface area contributed by atoms with Crippen molar-refractivity contribution < 1.29 is 14.3 Å². The maximum absolute atomic E-state index is 12.3. The van der Waals surface area contributed by atoms with E-state index in [0.717, 1.165) is 25.7 Å². The topological polar surface area (TPSA) is 68.3 Å². The number of amides is 1. The quantitative estimate of drug-likeness (QED) is 0.669. The highest BCUT2D eigenvalue weighted by atomic mass is 16.5. The largest absolute Gasteiger partial charge is 0.459 e. The summed E-state index contributed by atoms with van der Waals surface area (Å²) in [5.41, 5.74) is 1.46. The lowest BCUT2D eigenvalue weighted by Crippen LogP contribution is -2.17. The molecule has 1 aromatic carbocycles. The van der Waals surface area contributed by atoms with Crippen LogP contribution in [0.5, 0.6) is 0 Å². The van der Waals surface area contributed by atoms with Crippen molar-refractivity contribution in [2.45, 2.75) is 44.6 Å². The van der Waals surface area contributed by atoms with Crippen molar-refractivity contribution in [1.29, 1.82) is 0 Å². The van der Waals surface area contributed by atoms with Crippen LogP contribution in [0.3, 0.4) is 0 Å². The maximum atomic E-state index is 12.3. The Bertz CT molecular complexity index is 705. The maximum Gasteiger partial charge on any atom is 0.338 e. The van der Waals surface area contributed by atoms with Crippen molar-refractivity contribution in [2.75, 3.05) is 5.32 Å². The lowest BCUT2D eigenvalue weighted by molar-refractivity contribution is 0.0267. The molecule has 130 valence electrons. The second-order valence-electron chi connectivity index (χ2n) is 6.27. The van der Waals surface area contributed by atoms with E-state index in [9.17, 15) is 9.59 Å². The van der Waals surface area contributed by atoms with Gasteiger partial charge in [0.05, 0.1) is 5.56 Å². The van der Waals surface area contributed by atoms with Gasteiger partial charge in [0.2, 0.25) is 0 Å². The summed E-state index contributed by atoms with van der Waals surface area (Å²) in [6.45, 7) is 0. The van der Waals surface area contributed by atoms with Crippen molar-refractivity contribution in [2.24, 2.45) is 0 Å². The molecule has 0 unspecified atom stereocenters. The molecule has 3 rings (SSSR count). The Labute approximate surface area is 147 Å². The Balaban J connectivity index is 1.58. The number of aromatic nitrogens is 1. The van der Waals surface area contributed by atoms with E-state index in [1.165, 1.54) is 12.8 Å². The molecule has 0 atom stereocenters. The zero-order valence-electron chi connectivity index (χ0n) is 14.1. The molecule has 5 heteroatoms. The monoisotopic (exact) mass is 338 g/mol. The summed E-state index contributed by atoms with van der Waals surface area (Å²) in [6.07, 6.45) is 8.18. The number of rotatable bonds is 4. The van der Waals surface area contributed by atoms with Crippen LogP contribution in [0.25, 0.3) is 0 Å². The average Bonchev–Trinajstić information content (AvgIpc) is 2.91. The first-order valence-corrected chi connectivity index (χ1v) is 8.76. The number of hydrogen-bond acceptors (Lipinski definition) is 4. The van der Waals surface area contributed by atoms with Gasteiger partial charge in [0, 0.05) is 11.9 Å². The molecule has 1 heterocycles. The first kappa shape index (κ1) is 17.1. The molecule has 1 aliphatic rings. The Hall–Kier alpha value is -2.69. The molecule has 1 N–H and O–H groups in total. The standard InChI is InChI=1S/C20H22N2O3/c23-19(18-9-5-6-14-21-18)22-16-12-10-15(11-13-16)20(24)25-17-7-3-1-2-4-8-17/h5-6,9-14,17H,1-4,7-8H2,(H,22,23). The van der Waals surface area contributed by atoms with Gasteiger partial charge in [0.25, 0.3) is 5.91 Å². The zero-order chi connectivity index (χ0) is 17.5. The second kappa shape index (κ2) is 8.42. The summed E-state index contributed by atoms with van der Waals surface area (Å²) in [5.74, 6) is -0.580. The summed E-state index contributed by atoms with van der Waals surface area (Å²) in [7, 11) is 0. The third-order valence-corrected chi connectivity index (χ3v) is 4.35. The summed E-state index contributed by atoms with van der Waals surface area (Å²) >= 11 is 0. The van der Waals surface area contributed by atoms with Crippen LogP contribution in [0.4, 0.5) is 5.69 Å². The number of nitrogens with one attached hydrogen (secondary N) is 1. The third-order valence-electron chi connectivity index (χ3n) is 4.35. The highest BCUT2D eigenvalue weighted by Crippen LogP contribution is 2.21. The van der Waals surface area contributed by atoms with Crippen molar-refractivity contribution in [3.63, 3.8) is 0 Å². The molecule has 1 amide bonds. The van der Waals surface area contributed by atoms with Crippen molar-refractivity contribution in [3.8, 4) is 0 Å². The summed E-state index contributed by atoms with van der Waals surface area (Å²) in [4.78, 5) is 28.3. The van der Waals surface area contributed by atoms with E-state index in [4.69, 9.17) is 4.74 Å². The normalized spacial score (nSPS) is 15.2. The van der Waals surface area contributed by atoms with E-state index in [1.807, 2.05) is 0 Å². The van der Waals surface area contributed by atoms with Crippen LogP contribution >= 0.6 is 0 Å². The van der Waals surface area contributed by atoms with Crippen LogP contribution in [0, 0.1) is 0 Å². The Morgan fingerprint density at radius 3 is 2.32 bits per heavy atom. The third kappa shape index (κ3) is 4.89. The molecule has 25 heavy (non-hydrogen) atoms. The minimum atomic E-state index is -0.297. The zero-order valence-corrected chi connectivity index (χ0v) is 14.1. The fourth-order valence-electron chi connectivity index (χ4n) is 2.96. The van der Waals surface area contributed by atoms with Crippen LogP contribution in [0.15, 0.2) is 48.7 Å². The van der Waals surface area contributed by atoms with E-state index in [0.29, 0.717) is 16.9 Å². The van der Waals surface area contributed by atoms with Crippen LogP contribution in [0.1, 0.15) is 59.4 Å². The smallest absolute Gasteiger partial charge is 0.338 e. The Morgan fingerprint density at radius 2 is 1.68 bits per heavy atom. The molecular weight excluding hydrogens is 316 g/mol. The number of esters is 1. The van der Waals surface area contributed by atoms with Gasteiger partial charge in [0.15, 0.2) is 0 Å². The Kier molecular flexibility index (Phi) is 5.77. The number of nitrogens with zero attached hydrogens (tertiary/aromatic N) is 1. The predicted octanol–water partition coefficient (Wildman–Crippen LogP) is 4.21. The highest BCUT2D eigenvalue weighted by molar-refractivity contribution is 6.03. The molecule has 0 spiro atoms. The lowest BCUT2D eigenvalue weighted by atomic mass is 10.1. The molecule has 0 aliphatic heterocycles. The van der Waals surface area contributed by atoms with Gasteiger partial charge in [-0.05, 0) is 62.1 Å². The van der Waals surface area contributed by atoms with Gasteiger partial charge < -0.3 is 10.1 Å². The molecular formula is C20H22N2O3. The fourth-order valence-corrected chi connectivity index (χ4v) is 2.96. The second-order valence-corrected chi connectivity index (χ2v) is 6.27. The highest BCUT2D eigenvalue weighted by Gasteiger charge is 2.18. The fraction of sp³-hybridized carbons (Fsp3) is 0.350. The van der Waals surface area contributed by atoms with Gasteiger partial charge >= 0.3 is 5.97 Å². The number of benzene rings is 1. The van der Waals surface area contributed by atoms with Crippen LogP contribution in [0.2, 0.25) is 0 Å². The molecule has 1 saturated carbocycles. The van der Waals surface area contributed by atoms with E-state index in [-0.39, 0.29) is 18.0 Å². The van der Waals surface area contributed by atoms with Gasteiger partial charge in [-0.1, -0.05) is 18.9 Å². The van der Waals surface area contributed by atoms with Crippen molar-refractivity contribution in [1.82, 2.24) is 4.98 Å². The van der Waals surface area contributed by atoms with E-state index >= 15 is 0 Å². The Morgan fingerprint density at radius 1 is 0.960 bits per heavy atom. The molecule has 1 aromatic heterocycles. The SMILES string of the molecule is O=C(OC1CCCCCC1)c1ccc(NC(=O)c2ccccn2)cc1. The van der Waals surface area contributed by atoms with Crippen LogP contribution in [-0.2, 0) is 4.74 Å². The van der Waals surface area contributed by atoms with Crippen molar-refractivity contribution >= 4 is 17.6 Å². The molecule has 0 bridgehead atoms. The first-order chi connectivity index (χ1) is 12.2. The van der Waals surface area contributed by atoms with Crippen LogP contribution in [-0.4, -0.2) is 23.0 Å². The molecule has 0 radical (unpaired) electrons. The van der Waals surface area contributed by atoms with Gasteiger partial charge in [-0.2, -0.15) is 0 Å². The van der Waals surface area contributed by atoms with Gasteiger partial charge in [0.1, 0.15) is 11.8 Å². The number of hydrogen-bond donors (Lipinski definition) is 1. The molecule has 1 aliphatic carbocycles. The first-order valence-electron chi connectivity index (χ1n) is 8.76. The molecule has 2 aromatic rings. The van der Waals surface area contributed by atoms with Gasteiger partial charge in [-0.25, -0.2) is 4.79 Å². The number of anilines is 1. The predicted molar refractivity (Wildman–Crippen MR) is 95.5 cm³/mol. The van der Waals surface area contributed by atoms with Gasteiger partial charge in [-0.15, -0.1) is 0 Å². The van der Waals surface area contributed by atoms with Gasteiger partial charge in [-0.3, -0.25) is 9.78 Å². The van der Waals surface area contributed by atoms with Crippen molar-refractivity contribution in [3.05, 3.63) is 59.9 Å². The number of carbonyl (C=O) groups excluding carboxylic acids is 2. The number of pyridine rings is 1. The van der Waals surface area contributed by atoms with E-state index in [2.05, 4.69) is 10.3 Å². The molecule has 1 fully saturated rings. The minimum Gasteiger partial charge on any atom is -0.459 e. The lowest BCUT2D eigenvalue weighted by Gasteiger charge is -2.15. The van der Waals surface area contributed by atoms with Crippen LogP contribution < -0.4 is 5.32 Å². The number of ether oxygens (including phenoxy) is 1. The molecule has 5 nitrogen and oxygen atoms in total. The van der Waals surface area contributed by atoms with E-state index < -0.39 is 0 Å². The minimum absolute atomic E-state index is 0.0264. The summed E-state index contributed by atoms with van der Waals surface area (Å²) < 4.78 is 5.61. The average molecular weight is 338 g/mol. The number of carbonyl (C=O) groups is 2.